The molecule has 0 aliphatic carbocycles. The molecule has 1 aliphatic heterocycles. The van der Waals surface area contributed by atoms with E-state index in [4.69, 9.17) is 16.3 Å². The van der Waals surface area contributed by atoms with Gasteiger partial charge in [-0.25, -0.2) is 4.37 Å². The molecule has 6 heteroatoms. The van der Waals surface area contributed by atoms with Crippen molar-refractivity contribution >= 4 is 34.7 Å². The van der Waals surface area contributed by atoms with Gasteiger partial charge < -0.3 is 9.64 Å². The van der Waals surface area contributed by atoms with Gasteiger partial charge in [-0.2, -0.15) is 0 Å². The molecule has 4 nitrogen and oxygen atoms in total. The minimum Gasteiger partial charge on any atom is -0.376 e. The molecule has 1 amide bonds. The number of aromatic nitrogens is 1. The Hall–Kier alpha value is -1.43. The summed E-state index contributed by atoms with van der Waals surface area (Å²) >= 11 is 7.13. The summed E-state index contributed by atoms with van der Waals surface area (Å²) in [5.74, 6) is -0.148. The standard InChI is InChI=1S/C15H15ClN2O2S/c16-6-15(19)18(8-11-7-17-21-10-11)14-2-1-12-3-4-20-9-13(12)5-14/h1-2,5,7,10H,3-4,6,8-9H2. The third-order valence-corrected chi connectivity index (χ3v) is 4.38. The van der Waals surface area contributed by atoms with Crippen molar-refractivity contribution < 1.29 is 9.53 Å². The fourth-order valence-corrected chi connectivity index (χ4v) is 3.08. The molecule has 0 fully saturated rings. The van der Waals surface area contributed by atoms with Gasteiger partial charge in [0.1, 0.15) is 5.88 Å². The maximum atomic E-state index is 12.2. The highest BCUT2D eigenvalue weighted by atomic mass is 35.5. The molecule has 2 heterocycles. The zero-order valence-corrected chi connectivity index (χ0v) is 13.0. The maximum absolute atomic E-state index is 12.2. The zero-order chi connectivity index (χ0) is 14.7. The van der Waals surface area contributed by atoms with Gasteiger partial charge >= 0.3 is 0 Å². The molecule has 21 heavy (non-hydrogen) atoms. The van der Waals surface area contributed by atoms with E-state index in [0.717, 1.165) is 29.8 Å². The van der Waals surface area contributed by atoms with Gasteiger partial charge in [0.15, 0.2) is 0 Å². The van der Waals surface area contributed by atoms with Crippen molar-refractivity contribution in [1.29, 1.82) is 0 Å². The normalized spacial score (nSPS) is 13.8. The number of benzene rings is 1. The quantitative estimate of drug-likeness (QED) is 0.813. The smallest absolute Gasteiger partial charge is 0.242 e. The van der Waals surface area contributed by atoms with Crippen LogP contribution in [0.4, 0.5) is 5.69 Å². The number of halogens is 1. The lowest BCUT2D eigenvalue weighted by Crippen LogP contribution is -2.31. The van der Waals surface area contributed by atoms with Gasteiger partial charge in [-0.3, -0.25) is 4.79 Å². The lowest BCUT2D eigenvalue weighted by Gasteiger charge is -2.24. The number of amides is 1. The number of ether oxygens (including phenoxy) is 1. The molecule has 0 spiro atoms. The summed E-state index contributed by atoms with van der Waals surface area (Å²) < 4.78 is 9.56. The van der Waals surface area contributed by atoms with Crippen LogP contribution in [-0.2, 0) is 29.1 Å². The number of nitrogens with zero attached hydrogens (tertiary/aromatic N) is 2. The molecule has 1 aromatic heterocycles. The lowest BCUT2D eigenvalue weighted by atomic mass is 10.0. The van der Waals surface area contributed by atoms with E-state index >= 15 is 0 Å². The molecular formula is C15H15ClN2O2S. The van der Waals surface area contributed by atoms with Gasteiger partial charge in [0.2, 0.25) is 5.91 Å². The highest BCUT2D eigenvalue weighted by Gasteiger charge is 2.18. The molecule has 0 atom stereocenters. The summed E-state index contributed by atoms with van der Waals surface area (Å²) in [5, 5.41) is 1.94. The third kappa shape index (κ3) is 3.26. The zero-order valence-electron chi connectivity index (χ0n) is 11.4. The predicted octanol–water partition coefficient (Wildman–Crippen LogP) is 2.99. The number of carbonyl (C=O) groups excluding carboxylic acids is 1. The van der Waals surface area contributed by atoms with Crippen molar-refractivity contribution in [2.75, 3.05) is 17.4 Å². The average molecular weight is 323 g/mol. The van der Waals surface area contributed by atoms with Crippen molar-refractivity contribution in [2.45, 2.75) is 19.6 Å². The van der Waals surface area contributed by atoms with Gasteiger partial charge in [0, 0.05) is 22.8 Å². The Morgan fingerprint density at radius 1 is 1.43 bits per heavy atom. The number of rotatable bonds is 4. The van der Waals surface area contributed by atoms with Crippen LogP contribution in [0.3, 0.4) is 0 Å². The number of hydrogen-bond donors (Lipinski definition) is 0. The van der Waals surface area contributed by atoms with Crippen LogP contribution in [0.1, 0.15) is 16.7 Å². The van der Waals surface area contributed by atoms with E-state index in [2.05, 4.69) is 10.4 Å². The summed E-state index contributed by atoms with van der Waals surface area (Å²) in [4.78, 5) is 13.9. The van der Waals surface area contributed by atoms with Gasteiger partial charge in [-0.05, 0) is 41.2 Å². The molecule has 110 valence electrons. The van der Waals surface area contributed by atoms with Crippen LogP contribution in [0.15, 0.2) is 29.8 Å². The van der Waals surface area contributed by atoms with Crippen LogP contribution >= 0.6 is 23.1 Å². The second-order valence-corrected chi connectivity index (χ2v) is 5.83. The molecule has 2 aromatic rings. The van der Waals surface area contributed by atoms with Crippen molar-refractivity contribution in [1.82, 2.24) is 4.37 Å². The van der Waals surface area contributed by atoms with Crippen LogP contribution in [-0.4, -0.2) is 22.8 Å². The minimum absolute atomic E-state index is 0.0366. The van der Waals surface area contributed by atoms with Gasteiger partial charge in [0.05, 0.1) is 19.8 Å². The van der Waals surface area contributed by atoms with E-state index in [1.54, 1.807) is 11.1 Å². The molecule has 0 radical (unpaired) electrons. The Morgan fingerprint density at radius 3 is 3.10 bits per heavy atom. The van der Waals surface area contributed by atoms with E-state index in [1.807, 2.05) is 17.5 Å². The molecule has 1 aromatic carbocycles. The number of hydrogen-bond acceptors (Lipinski definition) is 4. The largest absolute Gasteiger partial charge is 0.376 e. The van der Waals surface area contributed by atoms with E-state index in [9.17, 15) is 4.79 Å². The summed E-state index contributed by atoms with van der Waals surface area (Å²) in [7, 11) is 0. The van der Waals surface area contributed by atoms with Crippen LogP contribution in [0.5, 0.6) is 0 Å². The Labute approximate surface area is 132 Å². The van der Waals surface area contributed by atoms with Crippen LogP contribution in [0.25, 0.3) is 0 Å². The Bertz CT molecular complexity index is 631. The van der Waals surface area contributed by atoms with Crippen LogP contribution in [0.2, 0.25) is 0 Å². The molecule has 0 bridgehead atoms. The molecule has 0 unspecified atom stereocenters. The van der Waals surface area contributed by atoms with E-state index in [1.165, 1.54) is 17.1 Å². The molecule has 0 saturated carbocycles. The van der Waals surface area contributed by atoms with E-state index in [0.29, 0.717) is 13.2 Å². The third-order valence-electron chi connectivity index (χ3n) is 3.51. The van der Waals surface area contributed by atoms with Gasteiger partial charge in [0.25, 0.3) is 0 Å². The fourth-order valence-electron chi connectivity index (χ4n) is 2.41. The summed E-state index contributed by atoms with van der Waals surface area (Å²) in [6, 6.07) is 6.08. The Kier molecular flexibility index (Phi) is 4.53. The number of carbonyl (C=O) groups is 1. The van der Waals surface area contributed by atoms with Crippen LogP contribution in [0, 0.1) is 0 Å². The van der Waals surface area contributed by atoms with Crippen molar-refractivity contribution in [3.63, 3.8) is 0 Å². The van der Waals surface area contributed by atoms with Crippen molar-refractivity contribution in [2.24, 2.45) is 0 Å². The maximum Gasteiger partial charge on any atom is 0.242 e. The highest BCUT2D eigenvalue weighted by molar-refractivity contribution is 7.03. The monoisotopic (exact) mass is 322 g/mol. The first-order valence-corrected chi connectivity index (χ1v) is 8.09. The molecule has 1 aliphatic rings. The molecule has 0 saturated heterocycles. The van der Waals surface area contributed by atoms with Gasteiger partial charge in [-0.15, -0.1) is 11.6 Å². The highest BCUT2D eigenvalue weighted by Crippen LogP contribution is 2.25. The lowest BCUT2D eigenvalue weighted by molar-refractivity contribution is -0.116. The van der Waals surface area contributed by atoms with Crippen molar-refractivity contribution in [3.05, 3.63) is 46.5 Å². The summed E-state index contributed by atoms with van der Waals surface area (Å²) in [5.41, 5.74) is 4.30. The Morgan fingerprint density at radius 2 is 2.33 bits per heavy atom. The topological polar surface area (TPSA) is 42.4 Å². The van der Waals surface area contributed by atoms with Crippen molar-refractivity contribution in [3.8, 4) is 0 Å². The first-order valence-electron chi connectivity index (χ1n) is 6.72. The fraction of sp³-hybridized carbons (Fsp3) is 0.333. The average Bonchev–Trinajstić information content (AvgIpc) is 3.04. The van der Waals surface area contributed by atoms with E-state index in [-0.39, 0.29) is 11.8 Å². The Balaban J connectivity index is 1.90. The number of anilines is 1. The number of fused-ring (bicyclic) bond motifs is 1. The second-order valence-electron chi connectivity index (χ2n) is 4.90. The van der Waals surface area contributed by atoms with E-state index < -0.39 is 0 Å². The first-order chi connectivity index (χ1) is 10.3. The van der Waals surface area contributed by atoms with Crippen LogP contribution < -0.4 is 4.90 Å². The molecule has 0 N–H and O–H groups in total. The molecular weight excluding hydrogens is 308 g/mol. The first kappa shape index (κ1) is 14.5. The minimum atomic E-state index is -0.112. The predicted molar refractivity (Wildman–Crippen MR) is 83.8 cm³/mol. The SMILES string of the molecule is O=C(CCl)N(Cc1cnsc1)c1ccc2c(c1)COCC2. The molecule has 3 rings (SSSR count). The summed E-state index contributed by atoms with van der Waals surface area (Å²) in [6.45, 7) is 1.85. The number of alkyl halides is 1. The summed E-state index contributed by atoms with van der Waals surface area (Å²) in [6.07, 6.45) is 2.70. The second kappa shape index (κ2) is 6.56. The van der Waals surface area contributed by atoms with Gasteiger partial charge in [-0.1, -0.05) is 6.07 Å².